The van der Waals surface area contributed by atoms with E-state index in [1.54, 1.807) is 0 Å². The van der Waals surface area contributed by atoms with E-state index in [4.69, 9.17) is 11.6 Å². The van der Waals surface area contributed by atoms with E-state index >= 15 is 0 Å². The van der Waals surface area contributed by atoms with Crippen molar-refractivity contribution < 1.29 is 4.79 Å². The van der Waals surface area contributed by atoms with Crippen molar-refractivity contribution in [3.05, 3.63) is 95.8 Å². The average molecular weight is 395 g/mol. The molecule has 0 aliphatic heterocycles. The first-order chi connectivity index (χ1) is 13.5. The van der Waals surface area contributed by atoms with Crippen molar-refractivity contribution in [2.45, 2.75) is 33.5 Å². The average Bonchev–Trinajstić information content (AvgIpc) is 3.15. The molecule has 0 spiro atoms. The molecule has 0 aliphatic carbocycles. The van der Waals surface area contributed by atoms with Crippen LogP contribution < -0.4 is 0 Å². The van der Waals surface area contributed by atoms with E-state index in [9.17, 15) is 4.79 Å². The molecule has 0 fully saturated rings. The van der Waals surface area contributed by atoms with Gasteiger partial charge in [-0.3, -0.25) is 4.79 Å². The zero-order valence-electron chi connectivity index (χ0n) is 16.5. The number of halogens is 1. The number of hydrogen-bond donors (Lipinski definition) is 0. The lowest BCUT2D eigenvalue weighted by Gasteiger charge is -2.31. The van der Waals surface area contributed by atoms with Gasteiger partial charge in [-0.2, -0.15) is 0 Å². The van der Waals surface area contributed by atoms with Crippen molar-refractivity contribution in [2.24, 2.45) is 5.41 Å². The Balaban J connectivity index is 1.83. The predicted octanol–water partition coefficient (Wildman–Crippen LogP) is 5.33. The molecule has 3 rings (SSSR count). The predicted molar refractivity (Wildman–Crippen MR) is 115 cm³/mol. The van der Waals surface area contributed by atoms with Crippen LogP contribution in [0.15, 0.2) is 79.0 Å². The lowest BCUT2D eigenvalue weighted by Crippen LogP contribution is -2.41. The number of rotatable bonds is 8. The van der Waals surface area contributed by atoms with Gasteiger partial charge in [-0.15, -0.1) is 11.6 Å². The molecular formula is C24H27ClN2O. The molecule has 1 heterocycles. The third kappa shape index (κ3) is 5.05. The first-order valence-corrected chi connectivity index (χ1v) is 10.1. The zero-order chi connectivity index (χ0) is 20.0. The maximum atomic E-state index is 13.2. The van der Waals surface area contributed by atoms with Crippen LogP contribution in [0.1, 0.15) is 30.7 Å². The topological polar surface area (TPSA) is 25.2 Å². The van der Waals surface area contributed by atoms with E-state index < -0.39 is 5.41 Å². The molecule has 28 heavy (non-hydrogen) atoms. The summed E-state index contributed by atoms with van der Waals surface area (Å²) in [6, 6.07) is 24.6. The van der Waals surface area contributed by atoms with Crippen molar-refractivity contribution in [1.29, 1.82) is 0 Å². The molecule has 3 aromatic rings. The van der Waals surface area contributed by atoms with Crippen LogP contribution in [0.3, 0.4) is 0 Å². The first kappa shape index (κ1) is 20.2. The molecule has 1 amide bonds. The number of nitrogens with zero attached hydrogens (tertiary/aromatic N) is 2. The lowest BCUT2D eigenvalue weighted by atomic mass is 9.94. The largest absolute Gasteiger partial charge is 0.345 e. The van der Waals surface area contributed by atoms with Gasteiger partial charge in [0.25, 0.3) is 0 Å². The molecule has 0 saturated heterocycles. The Hall–Kier alpha value is -2.52. The number of alkyl halides is 1. The van der Waals surface area contributed by atoms with Gasteiger partial charge < -0.3 is 9.47 Å². The van der Waals surface area contributed by atoms with Gasteiger partial charge in [0.15, 0.2) is 0 Å². The summed E-state index contributed by atoms with van der Waals surface area (Å²) >= 11 is 6.10. The maximum absolute atomic E-state index is 13.2. The summed E-state index contributed by atoms with van der Waals surface area (Å²) in [5, 5.41) is 0. The minimum absolute atomic E-state index is 0.0683. The van der Waals surface area contributed by atoms with Gasteiger partial charge in [0.05, 0.1) is 12.0 Å². The SMILES string of the molecule is CC(C)(CCl)C(=O)N(Cc1ccccc1)Cc1cccn1Cc1ccccc1. The molecule has 0 aliphatic rings. The minimum Gasteiger partial charge on any atom is -0.345 e. The number of amides is 1. The van der Waals surface area contributed by atoms with Gasteiger partial charge in [0.1, 0.15) is 0 Å². The fourth-order valence-corrected chi connectivity index (χ4v) is 3.33. The molecule has 2 aromatic carbocycles. The Kier molecular flexibility index (Phi) is 6.58. The smallest absolute Gasteiger partial charge is 0.230 e. The monoisotopic (exact) mass is 394 g/mol. The Morgan fingerprint density at radius 3 is 2.11 bits per heavy atom. The Labute approximate surface area is 172 Å². The maximum Gasteiger partial charge on any atom is 0.230 e. The van der Waals surface area contributed by atoms with E-state index in [1.165, 1.54) is 5.56 Å². The molecule has 146 valence electrons. The van der Waals surface area contributed by atoms with Crippen LogP contribution in [-0.2, 0) is 24.4 Å². The van der Waals surface area contributed by atoms with Crippen molar-refractivity contribution in [3.63, 3.8) is 0 Å². The second kappa shape index (κ2) is 9.11. The summed E-state index contributed by atoms with van der Waals surface area (Å²) in [6.45, 7) is 5.71. The molecule has 0 saturated carbocycles. The van der Waals surface area contributed by atoms with Gasteiger partial charge in [-0.05, 0) is 37.1 Å². The molecular weight excluding hydrogens is 368 g/mol. The molecule has 1 aromatic heterocycles. The molecule has 3 nitrogen and oxygen atoms in total. The normalized spacial score (nSPS) is 11.4. The number of hydrogen-bond acceptors (Lipinski definition) is 1. The van der Waals surface area contributed by atoms with E-state index in [-0.39, 0.29) is 5.91 Å². The van der Waals surface area contributed by atoms with Crippen molar-refractivity contribution in [1.82, 2.24) is 9.47 Å². The quantitative estimate of drug-likeness (QED) is 0.474. The minimum atomic E-state index is -0.604. The fraction of sp³-hybridized carbons (Fsp3) is 0.292. The van der Waals surface area contributed by atoms with Crippen molar-refractivity contribution >= 4 is 17.5 Å². The first-order valence-electron chi connectivity index (χ1n) is 9.57. The van der Waals surface area contributed by atoms with Crippen LogP contribution >= 0.6 is 11.6 Å². The molecule has 0 unspecified atom stereocenters. The summed E-state index contributed by atoms with van der Waals surface area (Å²) in [4.78, 5) is 15.1. The van der Waals surface area contributed by atoms with Crippen LogP contribution in [0.4, 0.5) is 0 Å². The highest BCUT2D eigenvalue weighted by Crippen LogP contribution is 2.24. The highest BCUT2D eigenvalue weighted by molar-refractivity contribution is 6.19. The highest BCUT2D eigenvalue weighted by atomic mass is 35.5. The zero-order valence-corrected chi connectivity index (χ0v) is 17.3. The van der Waals surface area contributed by atoms with Crippen LogP contribution in [0.5, 0.6) is 0 Å². The van der Waals surface area contributed by atoms with Gasteiger partial charge in [-0.25, -0.2) is 0 Å². The summed E-state index contributed by atoms with van der Waals surface area (Å²) in [5.74, 6) is 0.362. The number of carbonyl (C=O) groups excluding carboxylic acids is 1. The van der Waals surface area contributed by atoms with Crippen LogP contribution in [-0.4, -0.2) is 21.3 Å². The van der Waals surface area contributed by atoms with Gasteiger partial charge in [-0.1, -0.05) is 60.7 Å². The summed E-state index contributed by atoms with van der Waals surface area (Å²) < 4.78 is 2.20. The third-order valence-electron chi connectivity index (χ3n) is 4.89. The summed E-state index contributed by atoms with van der Waals surface area (Å²) in [6.07, 6.45) is 2.07. The van der Waals surface area contributed by atoms with Gasteiger partial charge in [0.2, 0.25) is 5.91 Å². The van der Waals surface area contributed by atoms with E-state index in [0.29, 0.717) is 19.0 Å². The van der Waals surface area contributed by atoms with E-state index in [1.807, 2.05) is 61.2 Å². The van der Waals surface area contributed by atoms with Crippen LogP contribution in [0, 0.1) is 5.41 Å². The fourth-order valence-electron chi connectivity index (χ4n) is 3.21. The molecule has 0 atom stereocenters. The number of aromatic nitrogens is 1. The van der Waals surface area contributed by atoms with Gasteiger partial charge in [0, 0.05) is 30.9 Å². The number of carbonyl (C=O) groups is 1. The van der Waals surface area contributed by atoms with E-state index in [2.05, 4.69) is 41.1 Å². The van der Waals surface area contributed by atoms with Gasteiger partial charge >= 0.3 is 0 Å². The molecule has 0 N–H and O–H groups in total. The standard InChI is InChI=1S/C24H27ClN2O/c1-24(2,19-25)23(28)27(17-21-12-7-4-8-13-21)18-22-14-9-15-26(22)16-20-10-5-3-6-11-20/h3-15H,16-19H2,1-2H3. The molecule has 0 bridgehead atoms. The van der Waals surface area contributed by atoms with Crippen molar-refractivity contribution in [2.75, 3.05) is 5.88 Å². The Morgan fingerprint density at radius 2 is 1.50 bits per heavy atom. The highest BCUT2D eigenvalue weighted by Gasteiger charge is 2.31. The van der Waals surface area contributed by atoms with Crippen molar-refractivity contribution in [3.8, 4) is 0 Å². The number of benzene rings is 2. The third-order valence-corrected chi connectivity index (χ3v) is 5.56. The molecule has 0 radical (unpaired) electrons. The Morgan fingerprint density at radius 1 is 0.893 bits per heavy atom. The second-order valence-corrected chi connectivity index (χ2v) is 8.04. The summed E-state index contributed by atoms with van der Waals surface area (Å²) in [5.41, 5.74) is 2.86. The Bertz CT molecular complexity index is 887. The second-order valence-electron chi connectivity index (χ2n) is 7.78. The van der Waals surface area contributed by atoms with Crippen LogP contribution in [0.2, 0.25) is 0 Å². The van der Waals surface area contributed by atoms with E-state index in [0.717, 1.165) is 17.8 Å². The molecule has 4 heteroatoms. The van der Waals surface area contributed by atoms with Crippen LogP contribution in [0.25, 0.3) is 0 Å². The lowest BCUT2D eigenvalue weighted by molar-refractivity contribution is -0.140. The summed E-state index contributed by atoms with van der Waals surface area (Å²) in [7, 11) is 0.